The van der Waals surface area contributed by atoms with E-state index in [2.05, 4.69) is 10.3 Å². The van der Waals surface area contributed by atoms with E-state index in [4.69, 9.17) is 5.73 Å². The first-order valence-electron chi connectivity index (χ1n) is 7.03. The summed E-state index contributed by atoms with van der Waals surface area (Å²) < 4.78 is 1.85. The average molecular weight is 328 g/mol. The number of anilines is 1. The lowest BCUT2D eigenvalue weighted by atomic mass is 10.1. The lowest BCUT2D eigenvalue weighted by Gasteiger charge is -2.05. The second-order valence-corrected chi connectivity index (χ2v) is 6.59. The van der Waals surface area contributed by atoms with E-state index in [1.54, 1.807) is 18.3 Å². The first-order valence-corrected chi connectivity index (χ1v) is 7.85. The molecule has 0 aliphatic heterocycles. The van der Waals surface area contributed by atoms with Crippen LogP contribution in [0.2, 0.25) is 0 Å². The van der Waals surface area contributed by atoms with Crippen molar-refractivity contribution >= 4 is 33.8 Å². The number of fused-ring (bicyclic) bond motifs is 1. The van der Waals surface area contributed by atoms with E-state index in [1.807, 2.05) is 31.4 Å². The molecule has 23 heavy (non-hydrogen) atoms. The zero-order valence-corrected chi connectivity index (χ0v) is 13.8. The number of nitrogens with two attached hydrogens (primary N) is 1. The molecule has 3 heterocycles. The van der Waals surface area contributed by atoms with Crippen LogP contribution in [0, 0.1) is 20.8 Å². The highest BCUT2D eigenvalue weighted by atomic mass is 32.1. The molecule has 0 atom stereocenters. The van der Waals surface area contributed by atoms with Gasteiger partial charge in [-0.25, -0.2) is 4.98 Å². The molecule has 3 aromatic rings. The second-order valence-electron chi connectivity index (χ2n) is 5.37. The summed E-state index contributed by atoms with van der Waals surface area (Å²) in [5.74, 6) is -0.835. The predicted octanol–water partition coefficient (Wildman–Crippen LogP) is 2.67. The number of amides is 2. The van der Waals surface area contributed by atoms with Crippen LogP contribution in [-0.2, 0) is 0 Å². The number of hydrogen-bond acceptors (Lipinski definition) is 4. The number of primary amides is 1. The topological polar surface area (TPSA) is 89.5 Å². The van der Waals surface area contributed by atoms with Gasteiger partial charge in [0.1, 0.15) is 10.6 Å². The van der Waals surface area contributed by atoms with E-state index in [1.165, 1.54) is 11.3 Å². The summed E-state index contributed by atoms with van der Waals surface area (Å²) in [5.41, 5.74) is 8.65. The molecule has 0 aliphatic rings. The average Bonchev–Trinajstić information content (AvgIpc) is 2.97. The normalized spacial score (nSPS) is 10.9. The maximum absolute atomic E-state index is 12.5. The van der Waals surface area contributed by atoms with E-state index in [9.17, 15) is 9.59 Å². The van der Waals surface area contributed by atoms with Gasteiger partial charge in [-0.05, 0) is 38.5 Å². The van der Waals surface area contributed by atoms with Crippen molar-refractivity contribution in [3.05, 3.63) is 51.8 Å². The number of nitrogens with zero attached hydrogens (tertiary/aromatic N) is 2. The Bertz CT molecular complexity index is 939. The quantitative estimate of drug-likeness (QED) is 0.774. The zero-order valence-electron chi connectivity index (χ0n) is 13.0. The molecule has 6 nitrogen and oxygen atoms in total. The predicted molar refractivity (Wildman–Crippen MR) is 90.2 cm³/mol. The molecule has 0 unspecified atom stereocenters. The Balaban J connectivity index is 1.94. The standard InChI is InChI=1S/C16H16N4O2S/c1-8-7-20-5-4-11(6-12(20)18-8)15(22)19-16-13(14(17)21)9(2)10(3)23-16/h4-7H,1-3H3,(H2,17,21)(H,19,22). The molecule has 0 bridgehead atoms. The van der Waals surface area contributed by atoms with E-state index >= 15 is 0 Å². The number of imidazole rings is 1. The first-order chi connectivity index (χ1) is 10.9. The Labute approximate surface area is 137 Å². The Kier molecular flexibility index (Phi) is 3.65. The minimum Gasteiger partial charge on any atom is -0.365 e. The van der Waals surface area contributed by atoms with Crippen LogP contribution in [0.15, 0.2) is 24.5 Å². The van der Waals surface area contributed by atoms with E-state index in [0.717, 1.165) is 16.1 Å². The van der Waals surface area contributed by atoms with Gasteiger partial charge in [0.2, 0.25) is 0 Å². The summed E-state index contributed by atoms with van der Waals surface area (Å²) in [7, 11) is 0. The molecule has 0 fully saturated rings. The van der Waals surface area contributed by atoms with Crippen molar-refractivity contribution in [2.75, 3.05) is 5.32 Å². The Morgan fingerprint density at radius 2 is 2.04 bits per heavy atom. The molecule has 7 heteroatoms. The minimum absolute atomic E-state index is 0.295. The lowest BCUT2D eigenvalue weighted by Crippen LogP contribution is -2.17. The van der Waals surface area contributed by atoms with Crippen molar-refractivity contribution in [2.24, 2.45) is 5.73 Å². The fourth-order valence-electron chi connectivity index (χ4n) is 2.44. The molecule has 0 radical (unpaired) electrons. The van der Waals surface area contributed by atoms with Crippen molar-refractivity contribution in [1.82, 2.24) is 9.38 Å². The maximum Gasteiger partial charge on any atom is 0.256 e. The monoisotopic (exact) mass is 328 g/mol. The fourth-order valence-corrected chi connectivity index (χ4v) is 3.50. The summed E-state index contributed by atoms with van der Waals surface area (Å²) >= 11 is 1.35. The third-order valence-electron chi connectivity index (χ3n) is 3.70. The Morgan fingerprint density at radius 1 is 1.30 bits per heavy atom. The number of nitrogens with one attached hydrogen (secondary N) is 1. The number of carbonyl (C=O) groups is 2. The molecule has 0 aliphatic carbocycles. The van der Waals surface area contributed by atoms with Crippen LogP contribution in [0.5, 0.6) is 0 Å². The Morgan fingerprint density at radius 3 is 2.74 bits per heavy atom. The van der Waals surface area contributed by atoms with Gasteiger partial charge in [0.15, 0.2) is 0 Å². The first kappa shape index (κ1) is 15.2. The van der Waals surface area contributed by atoms with Crippen LogP contribution in [0.25, 0.3) is 5.65 Å². The van der Waals surface area contributed by atoms with Crippen molar-refractivity contribution in [1.29, 1.82) is 0 Å². The van der Waals surface area contributed by atoms with Crippen LogP contribution in [0.1, 0.15) is 36.9 Å². The largest absolute Gasteiger partial charge is 0.365 e. The summed E-state index contributed by atoms with van der Waals surface area (Å²) in [5, 5.41) is 3.27. The zero-order chi connectivity index (χ0) is 16.7. The van der Waals surface area contributed by atoms with Gasteiger partial charge in [-0.1, -0.05) is 0 Å². The van der Waals surface area contributed by atoms with Gasteiger partial charge >= 0.3 is 0 Å². The summed E-state index contributed by atoms with van der Waals surface area (Å²) in [6.07, 6.45) is 3.67. The number of pyridine rings is 1. The van der Waals surface area contributed by atoms with E-state index in [-0.39, 0.29) is 5.91 Å². The van der Waals surface area contributed by atoms with E-state index < -0.39 is 5.91 Å². The van der Waals surface area contributed by atoms with Gasteiger partial charge in [0.25, 0.3) is 11.8 Å². The third-order valence-corrected chi connectivity index (χ3v) is 4.82. The Hall–Kier alpha value is -2.67. The summed E-state index contributed by atoms with van der Waals surface area (Å²) in [4.78, 5) is 29.4. The van der Waals surface area contributed by atoms with Crippen LogP contribution < -0.4 is 11.1 Å². The highest BCUT2D eigenvalue weighted by Crippen LogP contribution is 2.32. The highest BCUT2D eigenvalue weighted by molar-refractivity contribution is 7.16. The van der Waals surface area contributed by atoms with Crippen molar-refractivity contribution < 1.29 is 9.59 Å². The van der Waals surface area contributed by atoms with Crippen molar-refractivity contribution in [3.8, 4) is 0 Å². The van der Waals surface area contributed by atoms with Gasteiger partial charge in [0.05, 0.1) is 11.3 Å². The fraction of sp³-hybridized carbons (Fsp3) is 0.188. The van der Waals surface area contributed by atoms with Gasteiger partial charge in [0, 0.05) is 22.8 Å². The molecule has 3 rings (SSSR count). The summed E-state index contributed by atoms with van der Waals surface area (Å²) in [6, 6.07) is 3.42. The van der Waals surface area contributed by atoms with Gasteiger partial charge in [-0.15, -0.1) is 11.3 Å². The van der Waals surface area contributed by atoms with Crippen LogP contribution >= 0.6 is 11.3 Å². The van der Waals surface area contributed by atoms with Crippen molar-refractivity contribution in [2.45, 2.75) is 20.8 Å². The second kappa shape index (κ2) is 5.51. The smallest absolute Gasteiger partial charge is 0.256 e. The number of carbonyl (C=O) groups excluding carboxylic acids is 2. The highest BCUT2D eigenvalue weighted by Gasteiger charge is 2.19. The summed E-state index contributed by atoms with van der Waals surface area (Å²) in [6.45, 7) is 5.60. The molecule has 3 N–H and O–H groups in total. The number of aryl methyl sites for hydroxylation is 2. The van der Waals surface area contributed by atoms with Gasteiger partial charge < -0.3 is 15.5 Å². The van der Waals surface area contributed by atoms with Gasteiger partial charge in [-0.2, -0.15) is 0 Å². The van der Waals surface area contributed by atoms with E-state index in [0.29, 0.717) is 21.8 Å². The molecule has 0 saturated heterocycles. The molecule has 3 aromatic heterocycles. The van der Waals surface area contributed by atoms with Crippen molar-refractivity contribution in [3.63, 3.8) is 0 Å². The van der Waals surface area contributed by atoms with Gasteiger partial charge in [-0.3, -0.25) is 9.59 Å². The number of rotatable bonds is 3. The van der Waals surface area contributed by atoms with Crippen LogP contribution in [0.4, 0.5) is 5.00 Å². The third kappa shape index (κ3) is 2.70. The number of aromatic nitrogens is 2. The molecule has 118 valence electrons. The van der Waals surface area contributed by atoms with Crippen LogP contribution in [-0.4, -0.2) is 21.2 Å². The van der Waals surface area contributed by atoms with Crippen LogP contribution in [0.3, 0.4) is 0 Å². The minimum atomic E-state index is -0.540. The molecule has 2 amide bonds. The molecular weight excluding hydrogens is 312 g/mol. The molecule has 0 spiro atoms. The maximum atomic E-state index is 12.5. The molecule has 0 aromatic carbocycles. The number of hydrogen-bond donors (Lipinski definition) is 2. The molecular formula is C16H16N4O2S. The SMILES string of the molecule is Cc1cn2ccc(C(=O)Nc3sc(C)c(C)c3C(N)=O)cc2n1. The molecule has 0 saturated carbocycles. The lowest BCUT2D eigenvalue weighted by molar-refractivity contribution is 0.100. The number of thiophene rings is 1.